The van der Waals surface area contributed by atoms with E-state index in [-0.39, 0.29) is 5.69 Å². The summed E-state index contributed by atoms with van der Waals surface area (Å²) in [4.78, 5) is 11.3. The standard InChI is InChI=1S/C10H8FN3O/c11-8-2-1-3-14-9(8)10(15)7-4-12-6-13-5-7/h1-6,10,15H. The van der Waals surface area contributed by atoms with E-state index < -0.39 is 11.9 Å². The quantitative estimate of drug-likeness (QED) is 0.797. The van der Waals surface area contributed by atoms with Crippen LogP contribution in [0.15, 0.2) is 37.1 Å². The van der Waals surface area contributed by atoms with Crippen LogP contribution in [0.4, 0.5) is 4.39 Å². The lowest BCUT2D eigenvalue weighted by atomic mass is 10.1. The van der Waals surface area contributed by atoms with Crippen molar-refractivity contribution in [1.82, 2.24) is 15.0 Å². The van der Waals surface area contributed by atoms with E-state index in [1.165, 1.54) is 37.1 Å². The Morgan fingerprint density at radius 3 is 2.67 bits per heavy atom. The van der Waals surface area contributed by atoms with Crippen LogP contribution in [-0.2, 0) is 0 Å². The number of nitrogens with zero attached hydrogens (tertiary/aromatic N) is 3. The van der Waals surface area contributed by atoms with E-state index in [1.807, 2.05) is 0 Å². The lowest BCUT2D eigenvalue weighted by Crippen LogP contribution is -2.05. The van der Waals surface area contributed by atoms with Crippen molar-refractivity contribution in [1.29, 1.82) is 0 Å². The molecule has 2 rings (SSSR count). The van der Waals surface area contributed by atoms with Gasteiger partial charge in [0.2, 0.25) is 0 Å². The van der Waals surface area contributed by atoms with Crippen molar-refractivity contribution >= 4 is 0 Å². The zero-order valence-electron chi connectivity index (χ0n) is 7.71. The smallest absolute Gasteiger partial charge is 0.147 e. The van der Waals surface area contributed by atoms with Gasteiger partial charge in [0.25, 0.3) is 0 Å². The molecule has 0 saturated heterocycles. The van der Waals surface area contributed by atoms with Crippen molar-refractivity contribution in [3.05, 3.63) is 54.1 Å². The van der Waals surface area contributed by atoms with Crippen molar-refractivity contribution in [2.24, 2.45) is 0 Å². The van der Waals surface area contributed by atoms with Gasteiger partial charge in [-0.15, -0.1) is 0 Å². The fourth-order valence-corrected chi connectivity index (χ4v) is 1.21. The molecule has 0 spiro atoms. The Labute approximate surface area is 85.5 Å². The molecule has 0 fully saturated rings. The van der Waals surface area contributed by atoms with Gasteiger partial charge >= 0.3 is 0 Å². The molecule has 0 aliphatic carbocycles. The minimum absolute atomic E-state index is 0.0210. The maximum absolute atomic E-state index is 13.3. The van der Waals surface area contributed by atoms with Crippen LogP contribution in [0.3, 0.4) is 0 Å². The van der Waals surface area contributed by atoms with Crippen molar-refractivity contribution in [2.45, 2.75) is 6.10 Å². The van der Waals surface area contributed by atoms with Crippen LogP contribution in [0.5, 0.6) is 0 Å². The van der Waals surface area contributed by atoms with Gasteiger partial charge in [0.1, 0.15) is 23.9 Å². The molecule has 1 N–H and O–H groups in total. The molecule has 76 valence electrons. The Hall–Kier alpha value is -1.88. The summed E-state index contributed by atoms with van der Waals surface area (Å²) in [7, 11) is 0. The van der Waals surface area contributed by atoms with Gasteiger partial charge in [0.15, 0.2) is 0 Å². The predicted octanol–water partition coefficient (Wildman–Crippen LogP) is 1.09. The van der Waals surface area contributed by atoms with Crippen molar-refractivity contribution in [3.63, 3.8) is 0 Å². The Bertz CT molecular complexity index is 449. The molecule has 0 radical (unpaired) electrons. The monoisotopic (exact) mass is 205 g/mol. The molecule has 15 heavy (non-hydrogen) atoms. The maximum Gasteiger partial charge on any atom is 0.147 e. The topological polar surface area (TPSA) is 58.9 Å². The molecule has 2 aromatic rings. The van der Waals surface area contributed by atoms with Crippen molar-refractivity contribution in [3.8, 4) is 0 Å². The highest BCUT2D eigenvalue weighted by atomic mass is 19.1. The first-order valence-corrected chi connectivity index (χ1v) is 4.32. The molecule has 2 aromatic heterocycles. The lowest BCUT2D eigenvalue weighted by molar-refractivity contribution is 0.208. The first-order chi connectivity index (χ1) is 7.29. The van der Waals surface area contributed by atoms with Gasteiger partial charge in [-0.1, -0.05) is 0 Å². The minimum Gasteiger partial charge on any atom is -0.382 e. The highest BCUT2D eigenvalue weighted by molar-refractivity contribution is 5.21. The second kappa shape index (κ2) is 4.10. The zero-order valence-corrected chi connectivity index (χ0v) is 7.71. The molecule has 0 saturated carbocycles. The number of halogens is 1. The third kappa shape index (κ3) is 1.97. The highest BCUT2D eigenvalue weighted by Crippen LogP contribution is 2.20. The van der Waals surface area contributed by atoms with Crippen LogP contribution in [0, 0.1) is 5.82 Å². The van der Waals surface area contributed by atoms with E-state index in [4.69, 9.17) is 0 Å². The van der Waals surface area contributed by atoms with Gasteiger partial charge in [-0.2, -0.15) is 0 Å². The molecule has 0 amide bonds. The summed E-state index contributed by atoms with van der Waals surface area (Å²) in [5.41, 5.74) is 0.391. The molecule has 0 bridgehead atoms. The van der Waals surface area contributed by atoms with E-state index in [0.29, 0.717) is 5.56 Å². The first-order valence-electron chi connectivity index (χ1n) is 4.32. The average molecular weight is 205 g/mol. The molecule has 4 nitrogen and oxygen atoms in total. The van der Waals surface area contributed by atoms with E-state index in [1.54, 1.807) is 0 Å². The molecule has 5 heteroatoms. The Balaban J connectivity index is 2.37. The number of rotatable bonds is 2. The fraction of sp³-hybridized carbons (Fsp3) is 0.100. The second-order valence-electron chi connectivity index (χ2n) is 2.94. The van der Waals surface area contributed by atoms with Gasteiger partial charge in [-0.05, 0) is 12.1 Å². The second-order valence-corrected chi connectivity index (χ2v) is 2.94. The predicted molar refractivity (Wildman–Crippen MR) is 50.3 cm³/mol. The van der Waals surface area contributed by atoms with E-state index in [2.05, 4.69) is 15.0 Å². The third-order valence-electron chi connectivity index (χ3n) is 1.94. The van der Waals surface area contributed by atoms with Crippen LogP contribution < -0.4 is 0 Å². The molecular formula is C10H8FN3O. The van der Waals surface area contributed by atoms with Crippen molar-refractivity contribution < 1.29 is 9.50 Å². The third-order valence-corrected chi connectivity index (χ3v) is 1.94. The molecule has 2 heterocycles. The summed E-state index contributed by atoms with van der Waals surface area (Å²) in [6.45, 7) is 0. The molecule has 1 atom stereocenters. The highest BCUT2D eigenvalue weighted by Gasteiger charge is 2.16. The maximum atomic E-state index is 13.3. The Kier molecular flexibility index (Phi) is 2.64. The number of pyridine rings is 1. The number of aliphatic hydroxyl groups is 1. The Morgan fingerprint density at radius 2 is 2.00 bits per heavy atom. The summed E-state index contributed by atoms with van der Waals surface area (Å²) >= 11 is 0. The molecule has 1 unspecified atom stereocenters. The first kappa shape index (κ1) is 9.67. The number of hydrogen-bond donors (Lipinski definition) is 1. The largest absolute Gasteiger partial charge is 0.382 e. The van der Waals surface area contributed by atoms with Crippen LogP contribution >= 0.6 is 0 Å². The summed E-state index contributed by atoms with van der Waals surface area (Å²) < 4.78 is 13.3. The number of aromatic nitrogens is 3. The Morgan fingerprint density at radius 1 is 1.27 bits per heavy atom. The van der Waals surface area contributed by atoms with Gasteiger partial charge in [0.05, 0.1) is 0 Å². The summed E-state index contributed by atoms with van der Waals surface area (Å²) in [6.07, 6.45) is 4.47. The van der Waals surface area contributed by atoms with Gasteiger partial charge in [0, 0.05) is 24.2 Å². The summed E-state index contributed by atoms with van der Waals surface area (Å²) in [5, 5.41) is 9.79. The van der Waals surface area contributed by atoms with E-state index in [0.717, 1.165) is 0 Å². The number of aliphatic hydroxyl groups excluding tert-OH is 1. The van der Waals surface area contributed by atoms with Gasteiger partial charge in [-0.25, -0.2) is 14.4 Å². The molecule has 0 aliphatic heterocycles. The lowest BCUT2D eigenvalue weighted by Gasteiger charge is -2.09. The van der Waals surface area contributed by atoms with Crippen LogP contribution in [0.2, 0.25) is 0 Å². The molecule has 0 aromatic carbocycles. The molecule has 0 aliphatic rings. The van der Waals surface area contributed by atoms with Crippen LogP contribution in [0.25, 0.3) is 0 Å². The van der Waals surface area contributed by atoms with E-state index >= 15 is 0 Å². The normalized spacial score (nSPS) is 12.4. The van der Waals surface area contributed by atoms with Crippen LogP contribution in [0.1, 0.15) is 17.4 Å². The minimum atomic E-state index is -1.13. The van der Waals surface area contributed by atoms with Gasteiger partial charge < -0.3 is 5.11 Å². The number of hydrogen-bond acceptors (Lipinski definition) is 4. The van der Waals surface area contributed by atoms with E-state index in [9.17, 15) is 9.50 Å². The van der Waals surface area contributed by atoms with Crippen LogP contribution in [-0.4, -0.2) is 20.1 Å². The zero-order chi connectivity index (χ0) is 10.7. The van der Waals surface area contributed by atoms with Gasteiger partial charge in [-0.3, -0.25) is 4.98 Å². The average Bonchev–Trinajstić information content (AvgIpc) is 2.30. The summed E-state index contributed by atoms with van der Waals surface area (Å²) in [5.74, 6) is -0.547. The molecular weight excluding hydrogens is 197 g/mol. The van der Waals surface area contributed by atoms with Crippen molar-refractivity contribution in [2.75, 3.05) is 0 Å². The fourth-order valence-electron chi connectivity index (χ4n) is 1.21. The SMILES string of the molecule is OC(c1cncnc1)c1ncccc1F. The summed E-state index contributed by atoms with van der Waals surface area (Å²) in [6, 6.07) is 2.71.